The van der Waals surface area contributed by atoms with Crippen LogP contribution in [0, 0.1) is 0 Å². The summed E-state index contributed by atoms with van der Waals surface area (Å²) in [6, 6.07) is 0. The van der Waals surface area contributed by atoms with Crippen molar-refractivity contribution < 1.29 is 0 Å². The molecule has 3 rings (SSSR count). The summed E-state index contributed by atoms with van der Waals surface area (Å²) < 4.78 is 0. The molecule has 2 aliphatic rings. The Hall–Kier alpha value is -0.830. The topological polar surface area (TPSA) is 52.6 Å². The molecule has 1 aliphatic carbocycles. The molecule has 146 valence electrons. The Morgan fingerprint density at radius 1 is 1.15 bits per heavy atom. The van der Waals surface area contributed by atoms with Crippen LogP contribution in [0.15, 0.2) is 22.0 Å². The number of hydrogen-bond donors (Lipinski definition) is 2. The first-order valence-corrected chi connectivity index (χ1v) is 10.5. The van der Waals surface area contributed by atoms with Crippen LogP contribution in [0.25, 0.3) is 0 Å². The number of halogens is 1. The molecule has 1 aliphatic heterocycles. The van der Waals surface area contributed by atoms with E-state index in [-0.39, 0.29) is 24.0 Å². The molecule has 0 bridgehead atoms. The van der Waals surface area contributed by atoms with Crippen molar-refractivity contribution >= 4 is 46.4 Å². The van der Waals surface area contributed by atoms with Gasteiger partial charge in [-0.25, -0.2) is 4.98 Å². The fraction of sp³-hybridized carbons (Fsp3) is 0.684. The van der Waals surface area contributed by atoms with Gasteiger partial charge in [-0.3, -0.25) is 4.99 Å². The van der Waals surface area contributed by atoms with Gasteiger partial charge in [0.2, 0.25) is 0 Å². The molecule has 0 atom stereocenters. The van der Waals surface area contributed by atoms with Gasteiger partial charge in [0.15, 0.2) is 11.1 Å². The van der Waals surface area contributed by atoms with Crippen LogP contribution in [0.5, 0.6) is 0 Å². The molecule has 7 heteroatoms. The third-order valence-corrected chi connectivity index (χ3v) is 5.89. The van der Waals surface area contributed by atoms with Crippen molar-refractivity contribution in [1.82, 2.24) is 15.6 Å². The fourth-order valence-corrected chi connectivity index (χ4v) is 4.38. The summed E-state index contributed by atoms with van der Waals surface area (Å²) in [7, 11) is 1.84. The number of thiazole rings is 1. The molecule has 1 saturated heterocycles. The Labute approximate surface area is 178 Å². The highest BCUT2D eigenvalue weighted by molar-refractivity contribution is 14.0. The fourth-order valence-electron chi connectivity index (χ4n) is 3.47. The van der Waals surface area contributed by atoms with Crippen molar-refractivity contribution in [2.45, 2.75) is 51.4 Å². The second-order valence-corrected chi connectivity index (χ2v) is 7.69. The second-order valence-electron chi connectivity index (χ2n) is 6.85. The van der Waals surface area contributed by atoms with Gasteiger partial charge in [-0.15, -0.1) is 35.3 Å². The molecule has 2 N–H and O–H groups in total. The first-order chi connectivity index (χ1) is 12.3. The largest absolute Gasteiger partial charge is 0.356 e. The summed E-state index contributed by atoms with van der Waals surface area (Å²) in [5.74, 6) is 0.895. The lowest BCUT2D eigenvalue weighted by Gasteiger charge is -2.15. The van der Waals surface area contributed by atoms with Crippen molar-refractivity contribution in [1.29, 1.82) is 0 Å². The van der Waals surface area contributed by atoms with E-state index in [1.807, 2.05) is 7.05 Å². The normalized spacial score (nSPS) is 17.7. The van der Waals surface area contributed by atoms with E-state index in [0.29, 0.717) is 0 Å². The molecule has 1 aromatic heterocycles. The van der Waals surface area contributed by atoms with Gasteiger partial charge in [0.05, 0.1) is 5.69 Å². The molecule has 1 fully saturated rings. The third-order valence-electron chi connectivity index (χ3n) is 4.94. The number of guanidine groups is 1. The lowest BCUT2D eigenvalue weighted by molar-refractivity contribution is 0.665. The summed E-state index contributed by atoms with van der Waals surface area (Å²) in [5.41, 5.74) is 2.79. The van der Waals surface area contributed by atoms with E-state index in [2.05, 4.69) is 32.0 Å². The minimum Gasteiger partial charge on any atom is -0.356 e. The highest BCUT2D eigenvalue weighted by Crippen LogP contribution is 2.24. The number of nitrogens with one attached hydrogen (secondary N) is 2. The smallest absolute Gasteiger partial charge is 0.190 e. The van der Waals surface area contributed by atoms with Crippen LogP contribution in [0.4, 0.5) is 5.13 Å². The molecule has 0 unspecified atom stereocenters. The molecule has 0 spiro atoms. The zero-order valence-electron chi connectivity index (χ0n) is 15.8. The Balaban J connectivity index is 0.00000243. The molecule has 0 amide bonds. The van der Waals surface area contributed by atoms with Crippen molar-refractivity contribution in [2.24, 2.45) is 4.99 Å². The van der Waals surface area contributed by atoms with E-state index >= 15 is 0 Å². The van der Waals surface area contributed by atoms with Crippen LogP contribution in [0.3, 0.4) is 0 Å². The maximum absolute atomic E-state index is 4.77. The summed E-state index contributed by atoms with van der Waals surface area (Å²) in [6.07, 6.45) is 12.3. The van der Waals surface area contributed by atoms with Crippen LogP contribution in [-0.2, 0) is 6.42 Å². The average Bonchev–Trinajstić information content (AvgIpc) is 3.33. The van der Waals surface area contributed by atoms with Crippen LogP contribution in [0.1, 0.15) is 50.6 Å². The first kappa shape index (κ1) is 21.5. The van der Waals surface area contributed by atoms with Crippen molar-refractivity contribution in [3.05, 3.63) is 22.7 Å². The zero-order chi connectivity index (χ0) is 17.3. The number of aromatic nitrogens is 1. The highest BCUT2D eigenvalue weighted by Gasteiger charge is 2.15. The van der Waals surface area contributed by atoms with Crippen LogP contribution < -0.4 is 15.5 Å². The van der Waals surface area contributed by atoms with Crippen LogP contribution in [-0.4, -0.2) is 44.2 Å². The SMILES string of the molecule is CN=C(NCCC1=CCCCC1)NCCc1csc(N2CCCC2)n1.I. The molecule has 0 radical (unpaired) electrons. The summed E-state index contributed by atoms with van der Waals surface area (Å²) in [4.78, 5) is 11.5. The molecule has 26 heavy (non-hydrogen) atoms. The summed E-state index contributed by atoms with van der Waals surface area (Å²) in [6.45, 7) is 4.16. The molecular formula is C19H32IN5S. The van der Waals surface area contributed by atoms with Gasteiger partial charge in [0.25, 0.3) is 0 Å². The molecular weight excluding hydrogens is 457 g/mol. The average molecular weight is 489 g/mol. The zero-order valence-corrected chi connectivity index (χ0v) is 18.9. The number of anilines is 1. The first-order valence-electron chi connectivity index (χ1n) is 9.67. The standard InChI is InChI=1S/C19H31N5S.HI/c1-20-18(21-11-9-16-7-3-2-4-8-16)22-12-10-17-15-25-19(23-17)24-13-5-6-14-24;/h7,15H,2-6,8-14H2,1H3,(H2,20,21,22);1H. The maximum Gasteiger partial charge on any atom is 0.190 e. The van der Waals surface area contributed by atoms with Crippen LogP contribution >= 0.6 is 35.3 Å². The van der Waals surface area contributed by atoms with Gasteiger partial charge in [0, 0.05) is 45.0 Å². The van der Waals surface area contributed by atoms with E-state index in [4.69, 9.17) is 4.98 Å². The quantitative estimate of drug-likeness (QED) is 0.264. The van der Waals surface area contributed by atoms with Crippen molar-refractivity contribution in [3.63, 3.8) is 0 Å². The number of allylic oxidation sites excluding steroid dienone is 1. The van der Waals surface area contributed by atoms with Crippen LogP contribution in [0.2, 0.25) is 0 Å². The Bertz CT molecular complexity index is 593. The third kappa shape index (κ3) is 6.72. The maximum atomic E-state index is 4.77. The molecule has 5 nitrogen and oxygen atoms in total. The number of hydrogen-bond acceptors (Lipinski definition) is 4. The lowest BCUT2D eigenvalue weighted by atomic mass is 9.97. The Morgan fingerprint density at radius 2 is 1.92 bits per heavy atom. The van der Waals surface area contributed by atoms with Gasteiger partial charge < -0.3 is 15.5 Å². The monoisotopic (exact) mass is 489 g/mol. The van der Waals surface area contributed by atoms with Gasteiger partial charge in [0.1, 0.15) is 0 Å². The number of nitrogens with zero attached hydrogens (tertiary/aromatic N) is 3. The van der Waals surface area contributed by atoms with E-state index in [1.165, 1.54) is 49.4 Å². The van der Waals surface area contributed by atoms with E-state index in [9.17, 15) is 0 Å². The Kier molecular flexibility index (Phi) is 9.74. The molecule has 1 aromatic rings. The minimum absolute atomic E-state index is 0. The molecule has 0 aromatic carbocycles. The van der Waals surface area contributed by atoms with Crippen molar-refractivity contribution in [2.75, 3.05) is 38.1 Å². The highest BCUT2D eigenvalue weighted by atomic mass is 127. The Morgan fingerprint density at radius 3 is 2.62 bits per heavy atom. The van der Waals surface area contributed by atoms with E-state index in [0.717, 1.165) is 45.0 Å². The van der Waals surface area contributed by atoms with Crippen molar-refractivity contribution in [3.8, 4) is 0 Å². The minimum atomic E-state index is 0. The van der Waals surface area contributed by atoms with Gasteiger partial charge in [-0.2, -0.15) is 0 Å². The van der Waals surface area contributed by atoms with Gasteiger partial charge in [-0.05, 0) is 44.9 Å². The van der Waals surface area contributed by atoms with E-state index in [1.54, 1.807) is 16.9 Å². The number of rotatable bonds is 7. The summed E-state index contributed by atoms with van der Waals surface area (Å²) >= 11 is 1.78. The van der Waals surface area contributed by atoms with Gasteiger partial charge in [-0.1, -0.05) is 11.6 Å². The number of aliphatic imine (C=N–C) groups is 1. The molecule has 2 heterocycles. The summed E-state index contributed by atoms with van der Waals surface area (Å²) in [5, 5.41) is 10.2. The lowest BCUT2D eigenvalue weighted by Crippen LogP contribution is -2.38. The predicted molar refractivity (Wildman–Crippen MR) is 123 cm³/mol. The molecule has 0 saturated carbocycles. The van der Waals surface area contributed by atoms with E-state index < -0.39 is 0 Å². The predicted octanol–water partition coefficient (Wildman–Crippen LogP) is 3.96. The second kappa shape index (κ2) is 11.8. The van der Waals surface area contributed by atoms with Gasteiger partial charge >= 0.3 is 0 Å².